The van der Waals surface area contributed by atoms with Crippen LogP contribution in [0.3, 0.4) is 0 Å². The van der Waals surface area contributed by atoms with Crippen molar-refractivity contribution in [1.29, 1.82) is 0 Å². The van der Waals surface area contributed by atoms with E-state index in [0.717, 1.165) is 41.6 Å². The van der Waals surface area contributed by atoms with Gasteiger partial charge in [0.05, 0.1) is 40.4 Å². The third-order valence-corrected chi connectivity index (χ3v) is 14.9. The van der Waals surface area contributed by atoms with Gasteiger partial charge in [-0.3, -0.25) is 33.6 Å². The number of rotatable bonds is 13. The summed E-state index contributed by atoms with van der Waals surface area (Å²) in [4.78, 5) is 131. The smallest absolute Gasteiger partial charge is 0.553 e. The number of aromatic amines is 6. The van der Waals surface area contributed by atoms with Crippen molar-refractivity contribution < 1.29 is 78.1 Å². The van der Waals surface area contributed by atoms with Gasteiger partial charge in [-0.1, -0.05) is 71.5 Å². The molecule has 6 aromatic carbocycles. The number of aromatic carboxylic acids is 1. The molecule has 12 aromatic rings. The number of carboxylic acid groups (broad SMARTS) is 1. The summed E-state index contributed by atoms with van der Waals surface area (Å²) < 4.78 is 10.0. The molecule has 0 atom stereocenters. The Bertz CT molecular complexity index is 4960. The molecule has 0 aliphatic carbocycles. The largest absolute Gasteiger partial charge is 1.00 e. The number of esters is 1. The van der Waals surface area contributed by atoms with Gasteiger partial charge in [0, 0.05) is 122 Å². The molecule has 6 aromatic heterocycles. The Kier molecular flexibility index (Phi) is 28.3. The Hall–Kier alpha value is -10.8. The van der Waals surface area contributed by atoms with Gasteiger partial charge in [0.1, 0.15) is 16.7 Å². The summed E-state index contributed by atoms with van der Waals surface area (Å²) in [5.74, 6) is 1.84. The molecule has 4 amide bonds. The molecule has 7 heterocycles. The molecule has 0 spiro atoms. The minimum absolute atomic E-state index is 0. The fourth-order valence-corrected chi connectivity index (χ4v) is 9.83. The van der Waals surface area contributed by atoms with E-state index in [2.05, 4.69) is 65.0 Å². The van der Waals surface area contributed by atoms with Crippen LogP contribution >= 0.6 is 0 Å². The molecule has 504 valence electrons. The van der Waals surface area contributed by atoms with Crippen LogP contribution in [0.4, 0.5) is 17.1 Å². The van der Waals surface area contributed by atoms with Crippen LogP contribution in [0.5, 0.6) is 0 Å². The van der Waals surface area contributed by atoms with E-state index in [9.17, 15) is 48.3 Å². The SMILES string of the molecule is C.C1CCOC1.CC(C)CN.CC(C)CNC(=O)c1cc2cc[nH]c2cc1NC(=O)c1c[nH]c2ccccc2c1=O.CCOC(=O)c1cc2cc[nH]c2cc1NC(=O)c1c[nH]c2ccccc2c1=O.O=C(O)c1cc2cc[nH]c2cc1NC(=O)c1c[nH]c2ccccc2c1=O.[NH-]O.[Na+]. The van der Waals surface area contributed by atoms with Crippen LogP contribution in [0.2, 0.25) is 0 Å². The monoisotopic (exact) mass is 1340 g/mol. The first-order chi connectivity index (χ1) is 46.3. The van der Waals surface area contributed by atoms with E-state index in [-0.39, 0.29) is 99.5 Å². The molecular formula is C72H77N12NaO13. The number of benzene rings is 6. The van der Waals surface area contributed by atoms with Gasteiger partial charge in [-0.25, -0.2) is 9.59 Å². The molecule has 0 bridgehead atoms. The summed E-state index contributed by atoms with van der Waals surface area (Å²) >= 11 is 0. The predicted molar refractivity (Wildman–Crippen MR) is 379 cm³/mol. The van der Waals surface area contributed by atoms with Crippen LogP contribution in [0, 0.1) is 11.8 Å². The number of aromatic nitrogens is 6. The second-order valence-electron chi connectivity index (χ2n) is 22.6. The normalized spacial score (nSPS) is 11.2. The number of H-pyrrole nitrogens is 6. The number of anilines is 3. The molecule has 13 rings (SSSR count). The van der Waals surface area contributed by atoms with Gasteiger partial charge in [0.25, 0.3) is 23.6 Å². The van der Waals surface area contributed by atoms with Crippen molar-refractivity contribution >= 4 is 118 Å². The Morgan fingerprint density at radius 2 is 0.847 bits per heavy atom. The van der Waals surface area contributed by atoms with Crippen molar-refractivity contribution in [3.63, 3.8) is 0 Å². The summed E-state index contributed by atoms with van der Waals surface area (Å²) in [6.07, 6.45) is 11.8. The molecule has 1 fully saturated rings. The van der Waals surface area contributed by atoms with Crippen molar-refractivity contribution in [3.05, 3.63) is 235 Å². The van der Waals surface area contributed by atoms with Crippen molar-refractivity contribution in [2.45, 2.75) is 54.9 Å². The third kappa shape index (κ3) is 19.0. The number of nitrogens with one attached hydrogen (secondary N) is 11. The minimum atomic E-state index is -1.17. The van der Waals surface area contributed by atoms with Gasteiger partial charge in [-0.05, 0) is 129 Å². The van der Waals surface area contributed by atoms with Crippen LogP contribution in [0.25, 0.3) is 71.3 Å². The molecule has 1 aliphatic rings. The van der Waals surface area contributed by atoms with E-state index in [4.69, 9.17) is 26.3 Å². The fraction of sp³-hybridized carbons (Fsp3) is 0.208. The number of carboxylic acids is 1. The van der Waals surface area contributed by atoms with Crippen molar-refractivity contribution in [2.75, 3.05) is 48.9 Å². The Balaban J connectivity index is 0.000000212. The van der Waals surface area contributed by atoms with Gasteiger partial charge in [0.15, 0.2) is 0 Å². The third-order valence-electron chi connectivity index (χ3n) is 14.9. The van der Waals surface area contributed by atoms with Crippen molar-refractivity contribution in [1.82, 2.24) is 35.2 Å². The Morgan fingerprint density at radius 3 is 1.18 bits per heavy atom. The molecule has 15 N–H and O–H groups in total. The van der Waals surface area contributed by atoms with Gasteiger partial charge in [0.2, 0.25) is 16.3 Å². The zero-order valence-electron chi connectivity index (χ0n) is 54.2. The first-order valence-electron chi connectivity index (χ1n) is 30.6. The number of ether oxygens (including phenoxy) is 2. The zero-order valence-corrected chi connectivity index (χ0v) is 56.2. The number of pyridine rings is 3. The molecule has 26 heteroatoms. The maximum absolute atomic E-state index is 12.9. The number of amides is 4. The summed E-state index contributed by atoms with van der Waals surface area (Å²) in [5.41, 5.74) is 9.19. The quantitative estimate of drug-likeness (QED) is 0.0290. The first-order valence-corrected chi connectivity index (χ1v) is 30.6. The number of carbonyl (C=O) groups is 6. The van der Waals surface area contributed by atoms with Crippen LogP contribution in [-0.2, 0) is 9.47 Å². The van der Waals surface area contributed by atoms with Crippen LogP contribution < -0.4 is 72.8 Å². The summed E-state index contributed by atoms with van der Waals surface area (Å²) in [6, 6.07) is 35.9. The average molecular weight is 1340 g/mol. The zero-order chi connectivity index (χ0) is 69.0. The minimum Gasteiger partial charge on any atom is -0.553 e. The van der Waals surface area contributed by atoms with E-state index in [0.29, 0.717) is 73.2 Å². The Labute approximate surface area is 583 Å². The number of carbonyl (C=O) groups excluding carboxylic acids is 5. The molecule has 0 saturated carbocycles. The molecule has 98 heavy (non-hydrogen) atoms. The molecule has 1 aliphatic heterocycles. The first kappa shape index (κ1) is 76.2. The molecule has 0 radical (unpaired) electrons. The van der Waals surface area contributed by atoms with E-state index >= 15 is 0 Å². The standard InChI is InChI=1S/C23H22N4O3.C21H17N3O4.C19H13N3O4.C4H11N.C4H8O.CH4.H2NO.Na/c1-13(2)11-26-22(29)16-9-14-7-8-24-19(14)10-20(16)27-23(30)17-12-25-18-6-4-3-5-15(18)21(17)28;1-2-28-21(27)14-9-12-7-8-22-17(12)10-18(14)24-20(26)15-11-23-16-6-4-3-5-13(16)19(15)25;23-17-11-3-1-2-4-14(11)21-9-13(17)18(24)22-16-8-15-10(5-6-20-15)7-12(16)19(25)26;1-4(2)3-5;1-2-4-5-3-1;;1-2;/h3-10,12-13,24H,11H2,1-2H3,(H,25,28)(H,26,29)(H,27,30);3-11,22H,2H2,1H3,(H,23,25)(H,24,26);1-9,20H,(H,21,23)(H,22,24)(H,25,26);4H,3,5H2,1-2H3;1-4H2;1H4;1-2H;/q;;;;;;-1;+1. The fourth-order valence-electron chi connectivity index (χ4n) is 9.83. The van der Waals surface area contributed by atoms with E-state index < -0.39 is 35.1 Å². The number of para-hydroxylation sites is 3. The molecule has 0 unspecified atom stereocenters. The van der Waals surface area contributed by atoms with Gasteiger partial charge < -0.3 is 82.6 Å². The Morgan fingerprint density at radius 1 is 0.500 bits per heavy atom. The van der Waals surface area contributed by atoms with E-state index in [1.807, 2.05) is 32.0 Å². The van der Waals surface area contributed by atoms with Crippen LogP contribution in [0.1, 0.15) is 117 Å². The maximum atomic E-state index is 12.9. The van der Waals surface area contributed by atoms with Gasteiger partial charge >= 0.3 is 41.5 Å². The predicted octanol–water partition coefficient (Wildman–Crippen LogP) is 9.51. The van der Waals surface area contributed by atoms with Crippen LogP contribution in [0.15, 0.2) is 179 Å². The number of hydrogen-bond acceptors (Lipinski definition) is 13. The number of nitrogens with two attached hydrogens (primary N) is 1. The second-order valence-corrected chi connectivity index (χ2v) is 22.6. The summed E-state index contributed by atoms with van der Waals surface area (Å²) in [6.45, 7) is 13.4. The van der Waals surface area contributed by atoms with Crippen molar-refractivity contribution in [2.24, 2.45) is 17.6 Å². The molecule has 25 nitrogen and oxygen atoms in total. The topological polar surface area (TPSA) is 405 Å². The van der Waals surface area contributed by atoms with E-state index in [1.54, 1.807) is 123 Å². The number of hydrogen-bond donors (Lipinski definition) is 13. The molecular weight excluding hydrogens is 1260 g/mol. The van der Waals surface area contributed by atoms with Crippen molar-refractivity contribution in [3.8, 4) is 0 Å². The second kappa shape index (κ2) is 36.4. The summed E-state index contributed by atoms with van der Waals surface area (Å²) in [7, 11) is 0. The molecule has 1 saturated heterocycles. The number of fused-ring (bicyclic) bond motifs is 6. The van der Waals surface area contributed by atoms with Crippen LogP contribution in [-0.4, -0.2) is 109 Å². The van der Waals surface area contributed by atoms with E-state index in [1.165, 1.54) is 43.6 Å². The maximum Gasteiger partial charge on any atom is 1.00 e. The summed E-state index contributed by atoms with van der Waals surface area (Å²) in [5, 5.41) is 30.1. The van der Waals surface area contributed by atoms with Gasteiger partial charge in [-0.15, -0.1) is 0 Å². The van der Waals surface area contributed by atoms with Gasteiger partial charge in [-0.2, -0.15) is 0 Å². The average Bonchev–Trinajstić information content (AvgIpc) is 0.933.